The van der Waals surface area contributed by atoms with Crippen LogP contribution in [0.3, 0.4) is 0 Å². The number of hydrogen-bond donors (Lipinski definition) is 3. The Balaban J connectivity index is 2.38. The van der Waals surface area contributed by atoms with Crippen LogP contribution < -0.4 is 4.72 Å². The van der Waals surface area contributed by atoms with Crippen molar-refractivity contribution in [1.82, 2.24) is 10.2 Å². The molecule has 0 amide bonds. The fourth-order valence-electron chi connectivity index (χ4n) is 1.61. The van der Waals surface area contributed by atoms with Crippen molar-refractivity contribution in [3.8, 4) is 0 Å². The molecule has 7 nitrogen and oxygen atoms in total. The lowest BCUT2D eigenvalue weighted by Gasteiger charge is -2.08. The molecule has 3 N–H and O–H groups in total. The number of aromatic carboxylic acids is 1. The van der Waals surface area contributed by atoms with E-state index in [2.05, 4.69) is 14.9 Å². The maximum atomic E-state index is 12.2. The molecule has 0 spiro atoms. The van der Waals surface area contributed by atoms with Crippen molar-refractivity contribution in [2.75, 3.05) is 4.72 Å². The molecule has 0 saturated heterocycles. The molecule has 0 fully saturated rings. The summed E-state index contributed by atoms with van der Waals surface area (Å²) in [5.41, 5.74) is 1.25. The summed E-state index contributed by atoms with van der Waals surface area (Å²) in [7, 11) is -3.90. The van der Waals surface area contributed by atoms with Gasteiger partial charge in [0.1, 0.15) is 0 Å². The van der Waals surface area contributed by atoms with Crippen molar-refractivity contribution >= 4 is 33.4 Å². The summed E-state index contributed by atoms with van der Waals surface area (Å²) >= 11 is 5.77. The van der Waals surface area contributed by atoms with Crippen molar-refractivity contribution in [2.24, 2.45) is 0 Å². The average Bonchev–Trinajstić information content (AvgIpc) is 2.69. The molecule has 9 heteroatoms. The summed E-state index contributed by atoms with van der Waals surface area (Å²) in [6.07, 6.45) is 0. The monoisotopic (exact) mass is 329 g/mol. The zero-order valence-corrected chi connectivity index (χ0v) is 12.7. The molecule has 1 aromatic heterocycles. The molecule has 21 heavy (non-hydrogen) atoms. The second kappa shape index (κ2) is 5.38. The molecular weight excluding hydrogens is 318 g/mol. The first kappa shape index (κ1) is 15.3. The third-order valence-electron chi connectivity index (χ3n) is 2.97. The number of carbonyl (C=O) groups is 1. The first-order valence-electron chi connectivity index (χ1n) is 5.79. The number of aryl methyl sites for hydroxylation is 1. The highest BCUT2D eigenvalue weighted by Crippen LogP contribution is 2.23. The Morgan fingerprint density at radius 3 is 2.52 bits per heavy atom. The number of hydrogen-bond acceptors (Lipinski definition) is 4. The number of aromatic nitrogens is 2. The summed E-state index contributed by atoms with van der Waals surface area (Å²) in [5.74, 6) is -1.04. The van der Waals surface area contributed by atoms with Crippen molar-refractivity contribution in [3.05, 3.63) is 40.0 Å². The molecule has 2 rings (SSSR count). The minimum Gasteiger partial charge on any atom is -0.478 e. The highest BCUT2D eigenvalue weighted by molar-refractivity contribution is 7.92. The van der Waals surface area contributed by atoms with Crippen LogP contribution >= 0.6 is 11.6 Å². The Hall–Kier alpha value is -2.06. The maximum Gasteiger partial charge on any atom is 0.337 e. The Morgan fingerprint density at radius 1 is 1.38 bits per heavy atom. The predicted octanol–water partition coefficient (Wildman–Crippen LogP) is 2.18. The molecule has 1 heterocycles. The molecule has 0 aliphatic heterocycles. The van der Waals surface area contributed by atoms with Gasteiger partial charge in [-0.3, -0.25) is 9.82 Å². The standard InChI is InChI=1S/C12H12ClN3O4S/c1-6-7(2)14-15-11(6)16-21(19,20)8-3-4-9(12(17)18)10(13)5-8/h3-5H,1-2H3,(H,17,18)(H2,14,15,16). The second-order valence-corrected chi connectivity index (χ2v) is 6.46. The van der Waals surface area contributed by atoms with E-state index in [1.165, 1.54) is 6.07 Å². The van der Waals surface area contributed by atoms with Crippen molar-refractivity contribution in [1.29, 1.82) is 0 Å². The first-order chi connectivity index (χ1) is 9.72. The molecular formula is C12H12ClN3O4S. The second-order valence-electron chi connectivity index (χ2n) is 4.37. The number of nitrogens with one attached hydrogen (secondary N) is 2. The van der Waals surface area contributed by atoms with E-state index in [4.69, 9.17) is 16.7 Å². The number of carboxylic acids is 1. The van der Waals surface area contributed by atoms with Crippen LogP contribution in [-0.2, 0) is 10.0 Å². The first-order valence-corrected chi connectivity index (χ1v) is 7.65. The number of H-pyrrole nitrogens is 1. The van der Waals surface area contributed by atoms with Crippen molar-refractivity contribution in [2.45, 2.75) is 18.7 Å². The number of carboxylic acid groups (broad SMARTS) is 1. The molecule has 0 aliphatic rings. The number of anilines is 1. The van der Waals surface area contributed by atoms with Gasteiger partial charge in [-0.25, -0.2) is 13.2 Å². The van der Waals surface area contributed by atoms with E-state index in [9.17, 15) is 13.2 Å². The van der Waals surface area contributed by atoms with Crippen molar-refractivity contribution < 1.29 is 18.3 Å². The van der Waals surface area contributed by atoms with Crippen LogP contribution in [0.2, 0.25) is 5.02 Å². The fourth-order valence-corrected chi connectivity index (χ4v) is 3.02. The van der Waals surface area contributed by atoms with E-state index in [-0.39, 0.29) is 21.3 Å². The van der Waals surface area contributed by atoms with Gasteiger partial charge in [0, 0.05) is 11.3 Å². The number of halogens is 1. The summed E-state index contributed by atoms with van der Waals surface area (Å²) in [6, 6.07) is 3.40. The average molecular weight is 330 g/mol. The zero-order valence-electron chi connectivity index (χ0n) is 11.1. The predicted molar refractivity (Wildman–Crippen MR) is 77.3 cm³/mol. The van der Waals surface area contributed by atoms with Gasteiger partial charge in [0.15, 0.2) is 5.82 Å². The van der Waals surface area contributed by atoms with Crippen LogP contribution in [0.25, 0.3) is 0 Å². The normalized spacial score (nSPS) is 11.4. The molecule has 2 aromatic rings. The summed E-state index contributed by atoms with van der Waals surface area (Å²) in [5, 5.41) is 15.2. The van der Waals surface area contributed by atoms with Crippen LogP contribution in [0.4, 0.5) is 5.82 Å². The van der Waals surface area contributed by atoms with Crippen LogP contribution in [0, 0.1) is 13.8 Å². The number of benzene rings is 1. The highest BCUT2D eigenvalue weighted by atomic mass is 35.5. The van der Waals surface area contributed by atoms with Crippen LogP contribution in [0.15, 0.2) is 23.1 Å². The summed E-state index contributed by atoms with van der Waals surface area (Å²) in [4.78, 5) is 10.7. The van der Waals surface area contributed by atoms with Gasteiger partial charge in [-0.15, -0.1) is 0 Å². The topological polar surface area (TPSA) is 112 Å². The highest BCUT2D eigenvalue weighted by Gasteiger charge is 2.20. The van der Waals surface area contributed by atoms with Gasteiger partial charge in [-0.05, 0) is 32.0 Å². The van der Waals surface area contributed by atoms with Gasteiger partial charge in [-0.1, -0.05) is 11.6 Å². The molecule has 112 valence electrons. The van der Waals surface area contributed by atoms with Gasteiger partial charge in [0.2, 0.25) is 0 Å². The number of rotatable bonds is 4. The Morgan fingerprint density at radius 2 is 2.05 bits per heavy atom. The van der Waals surface area contributed by atoms with E-state index < -0.39 is 16.0 Å². The van der Waals surface area contributed by atoms with E-state index in [1.54, 1.807) is 13.8 Å². The Kier molecular flexibility index (Phi) is 3.93. The lowest BCUT2D eigenvalue weighted by atomic mass is 10.2. The van der Waals surface area contributed by atoms with Crippen LogP contribution in [-0.4, -0.2) is 29.7 Å². The van der Waals surface area contributed by atoms with Crippen molar-refractivity contribution in [3.63, 3.8) is 0 Å². The van der Waals surface area contributed by atoms with E-state index in [0.717, 1.165) is 17.8 Å². The number of aromatic amines is 1. The van der Waals surface area contributed by atoms with E-state index in [1.807, 2.05) is 0 Å². The minimum absolute atomic E-state index is 0.141. The van der Waals surface area contributed by atoms with Crippen LogP contribution in [0.1, 0.15) is 21.6 Å². The number of sulfonamides is 1. The van der Waals surface area contributed by atoms with Gasteiger partial charge in [-0.2, -0.15) is 5.10 Å². The molecule has 0 saturated carbocycles. The third-order valence-corrected chi connectivity index (χ3v) is 4.61. The summed E-state index contributed by atoms with van der Waals surface area (Å²) < 4.78 is 26.8. The molecule has 0 bridgehead atoms. The molecule has 0 atom stereocenters. The molecule has 0 radical (unpaired) electrons. The zero-order chi connectivity index (χ0) is 15.8. The van der Waals surface area contributed by atoms with Gasteiger partial charge >= 0.3 is 5.97 Å². The lowest BCUT2D eigenvalue weighted by molar-refractivity contribution is 0.0697. The maximum absolute atomic E-state index is 12.2. The van der Waals surface area contributed by atoms with E-state index >= 15 is 0 Å². The van der Waals surface area contributed by atoms with Crippen LogP contribution in [0.5, 0.6) is 0 Å². The SMILES string of the molecule is Cc1[nH]nc(NS(=O)(=O)c2ccc(C(=O)O)c(Cl)c2)c1C. The van der Waals surface area contributed by atoms with Gasteiger partial charge in [0.05, 0.1) is 15.5 Å². The van der Waals surface area contributed by atoms with Gasteiger partial charge < -0.3 is 5.11 Å². The van der Waals surface area contributed by atoms with Gasteiger partial charge in [0.25, 0.3) is 10.0 Å². The smallest absolute Gasteiger partial charge is 0.337 e. The minimum atomic E-state index is -3.90. The largest absolute Gasteiger partial charge is 0.478 e. The molecule has 0 unspecified atom stereocenters. The molecule has 0 aliphatic carbocycles. The Bertz CT molecular complexity index is 814. The fraction of sp³-hybridized carbons (Fsp3) is 0.167. The van der Waals surface area contributed by atoms with E-state index in [0.29, 0.717) is 5.56 Å². The Labute approximate surface area is 126 Å². The molecule has 1 aromatic carbocycles. The lowest BCUT2D eigenvalue weighted by Crippen LogP contribution is -2.14. The quantitative estimate of drug-likeness (QED) is 0.795. The summed E-state index contributed by atoms with van der Waals surface area (Å²) in [6.45, 7) is 3.48. The third kappa shape index (κ3) is 3.01. The number of nitrogens with zero attached hydrogens (tertiary/aromatic N) is 1.